The Labute approximate surface area is 196 Å². The van der Waals surface area contributed by atoms with Crippen molar-refractivity contribution in [2.75, 3.05) is 17.9 Å². The number of hydrogen-bond donors (Lipinski definition) is 2. The third-order valence-corrected chi connectivity index (χ3v) is 6.55. The van der Waals surface area contributed by atoms with Gasteiger partial charge in [0.25, 0.3) is 5.91 Å². The van der Waals surface area contributed by atoms with Crippen molar-refractivity contribution in [1.29, 1.82) is 0 Å². The Morgan fingerprint density at radius 3 is 2.67 bits per heavy atom. The average molecular weight is 471 g/mol. The fourth-order valence-electron chi connectivity index (χ4n) is 3.74. The minimum atomic E-state index is -0.898. The third-order valence-electron chi connectivity index (χ3n) is 5.48. The van der Waals surface area contributed by atoms with Gasteiger partial charge in [-0.3, -0.25) is 9.59 Å². The topological polar surface area (TPSA) is 103 Å². The number of ether oxygens (including phenoxy) is 3. The molecule has 0 saturated heterocycles. The van der Waals surface area contributed by atoms with Crippen LogP contribution in [0.5, 0.6) is 11.5 Å². The Morgan fingerprint density at radius 1 is 1.09 bits per heavy atom. The molecule has 2 aromatic rings. The van der Waals surface area contributed by atoms with Crippen LogP contribution in [0.15, 0.2) is 47.4 Å². The Kier molecular flexibility index (Phi) is 7.39. The highest BCUT2D eigenvalue weighted by molar-refractivity contribution is 8.00. The van der Waals surface area contributed by atoms with Crippen LogP contribution < -0.4 is 20.1 Å². The summed E-state index contributed by atoms with van der Waals surface area (Å²) in [6.07, 6.45) is 3.23. The van der Waals surface area contributed by atoms with Crippen LogP contribution >= 0.6 is 11.8 Å². The molecule has 1 saturated carbocycles. The van der Waals surface area contributed by atoms with Crippen molar-refractivity contribution in [3.63, 3.8) is 0 Å². The molecule has 1 fully saturated rings. The number of amides is 2. The Hall–Kier alpha value is -3.20. The molecule has 2 aliphatic rings. The van der Waals surface area contributed by atoms with Crippen LogP contribution in [-0.4, -0.2) is 42.5 Å². The van der Waals surface area contributed by atoms with E-state index in [0.29, 0.717) is 27.6 Å². The lowest BCUT2D eigenvalue weighted by molar-refractivity contribution is -0.129. The van der Waals surface area contributed by atoms with E-state index in [1.54, 1.807) is 49.4 Å². The molecule has 2 aromatic carbocycles. The van der Waals surface area contributed by atoms with Gasteiger partial charge >= 0.3 is 5.97 Å². The number of carbonyl (C=O) groups excluding carboxylic acids is 3. The van der Waals surface area contributed by atoms with Crippen molar-refractivity contribution in [2.24, 2.45) is 0 Å². The van der Waals surface area contributed by atoms with Gasteiger partial charge in [-0.2, -0.15) is 0 Å². The highest BCUT2D eigenvalue weighted by Crippen LogP contribution is 2.34. The summed E-state index contributed by atoms with van der Waals surface area (Å²) in [5.74, 6) is 0.204. The molecule has 0 radical (unpaired) electrons. The fourth-order valence-corrected chi connectivity index (χ4v) is 4.58. The molecule has 0 aromatic heterocycles. The van der Waals surface area contributed by atoms with Gasteiger partial charge in [0, 0.05) is 22.7 Å². The Balaban J connectivity index is 1.31. The molecule has 174 valence electrons. The molecule has 1 aliphatic heterocycles. The lowest BCUT2D eigenvalue weighted by atomic mass is 10.2. The maximum Gasteiger partial charge on any atom is 0.340 e. The molecule has 8 nitrogen and oxygen atoms in total. The van der Waals surface area contributed by atoms with Crippen LogP contribution in [0.3, 0.4) is 0 Å². The number of fused-ring (bicyclic) bond motifs is 1. The lowest BCUT2D eigenvalue weighted by Gasteiger charge is -2.17. The summed E-state index contributed by atoms with van der Waals surface area (Å²) < 4.78 is 16.0. The second kappa shape index (κ2) is 10.6. The van der Waals surface area contributed by atoms with Crippen molar-refractivity contribution in [3.05, 3.63) is 48.0 Å². The summed E-state index contributed by atoms with van der Waals surface area (Å²) in [6, 6.07) is 12.2. The molecule has 1 aliphatic carbocycles. The van der Waals surface area contributed by atoms with E-state index in [-0.39, 0.29) is 30.4 Å². The molecule has 2 amide bonds. The van der Waals surface area contributed by atoms with Crippen LogP contribution in [0.2, 0.25) is 0 Å². The second-order valence-corrected chi connectivity index (χ2v) is 8.96. The van der Waals surface area contributed by atoms with Gasteiger partial charge in [-0.15, -0.1) is 11.8 Å². The minimum Gasteiger partial charge on any atom is -0.454 e. The number of nitrogens with one attached hydrogen (secondary N) is 2. The smallest absolute Gasteiger partial charge is 0.340 e. The first-order valence-electron chi connectivity index (χ1n) is 10.9. The number of carbonyl (C=O) groups is 3. The molecular formula is C24H26N2O6S. The van der Waals surface area contributed by atoms with Gasteiger partial charge < -0.3 is 24.8 Å². The first-order chi connectivity index (χ1) is 16.0. The first kappa shape index (κ1) is 23.0. The number of hydrogen-bond acceptors (Lipinski definition) is 7. The molecule has 0 spiro atoms. The minimum absolute atomic E-state index is 0.0937. The predicted molar refractivity (Wildman–Crippen MR) is 124 cm³/mol. The predicted octanol–water partition coefficient (Wildman–Crippen LogP) is 3.75. The molecule has 1 unspecified atom stereocenters. The van der Waals surface area contributed by atoms with E-state index in [0.717, 1.165) is 25.7 Å². The number of anilines is 1. The summed E-state index contributed by atoms with van der Waals surface area (Å²) >= 11 is 1.22. The van der Waals surface area contributed by atoms with E-state index in [2.05, 4.69) is 10.6 Å². The van der Waals surface area contributed by atoms with E-state index in [1.165, 1.54) is 11.8 Å². The Bertz CT molecular complexity index is 1040. The fraction of sp³-hybridized carbons (Fsp3) is 0.375. The zero-order valence-corrected chi connectivity index (χ0v) is 19.1. The summed E-state index contributed by atoms with van der Waals surface area (Å²) in [4.78, 5) is 38.1. The molecule has 4 rings (SSSR count). The highest BCUT2D eigenvalue weighted by atomic mass is 32.2. The summed E-state index contributed by atoms with van der Waals surface area (Å²) in [6.45, 7) is 1.73. The van der Waals surface area contributed by atoms with Crippen LogP contribution in [0.25, 0.3) is 0 Å². The van der Waals surface area contributed by atoms with Crippen molar-refractivity contribution in [2.45, 2.75) is 49.6 Å². The van der Waals surface area contributed by atoms with E-state index in [9.17, 15) is 14.4 Å². The number of benzene rings is 2. The summed E-state index contributed by atoms with van der Waals surface area (Å²) in [5, 5.41) is 5.75. The van der Waals surface area contributed by atoms with Gasteiger partial charge in [0.05, 0.1) is 11.3 Å². The van der Waals surface area contributed by atoms with Gasteiger partial charge in [0.2, 0.25) is 12.7 Å². The SMILES string of the molecule is CC(OC(=O)c1ccccc1SCC(=O)Nc1ccc2c(c1)OCO2)C(=O)NC1CCCC1. The summed E-state index contributed by atoms with van der Waals surface area (Å²) in [7, 11) is 0. The second-order valence-electron chi connectivity index (χ2n) is 7.94. The van der Waals surface area contributed by atoms with Gasteiger partial charge in [-0.1, -0.05) is 25.0 Å². The van der Waals surface area contributed by atoms with Gasteiger partial charge in [-0.25, -0.2) is 4.79 Å². The van der Waals surface area contributed by atoms with Crippen LogP contribution in [-0.2, 0) is 14.3 Å². The Morgan fingerprint density at radius 2 is 1.85 bits per heavy atom. The summed E-state index contributed by atoms with van der Waals surface area (Å²) in [5.41, 5.74) is 0.915. The largest absolute Gasteiger partial charge is 0.454 e. The highest BCUT2D eigenvalue weighted by Gasteiger charge is 2.24. The molecule has 9 heteroatoms. The number of esters is 1. The van der Waals surface area contributed by atoms with Crippen LogP contribution in [0.1, 0.15) is 43.0 Å². The molecule has 1 atom stereocenters. The normalized spacial score (nSPS) is 15.7. The lowest BCUT2D eigenvalue weighted by Crippen LogP contribution is -2.40. The van der Waals surface area contributed by atoms with E-state index in [4.69, 9.17) is 14.2 Å². The molecule has 0 bridgehead atoms. The van der Waals surface area contributed by atoms with E-state index >= 15 is 0 Å². The maximum atomic E-state index is 12.7. The zero-order chi connectivity index (χ0) is 23.2. The van der Waals surface area contributed by atoms with Crippen LogP contribution in [0, 0.1) is 0 Å². The van der Waals surface area contributed by atoms with Crippen molar-refractivity contribution in [3.8, 4) is 11.5 Å². The van der Waals surface area contributed by atoms with Gasteiger partial charge in [-0.05, 0) is 44.0 Å². The molecule has 2 N–H and O–H groups in total. The van der Waals surface area contributed by atoms with Crippen molar-refractivity contribution >= 4 is 35.2 Å². The van der Waals surface area contributed by atoms with E-state index < -0.39 is 12.1 Å². The van der Waals surface area contributed by atoms with Crippen LogP contribution in [0.4, 0.5) is 5.69 Å². The number of rotatable bonds is 8. The quantitative estimate of drug-likeness (QED) is 0.447. The maximum absolute atomic E-state index is 12.7. The number of thioether (sulfide) groups is 1. The van der Waals surface area contributed by atoms with Crippen molar-refractivity contribution < 1.29 is 28.6 Å². The molecule has 1 heterocycles. The standard InChI is InChI=1S/C24H26N2O6S/c1-15(23(28)26-16-6-2-3-7-16)32-24(29)18-8-4-5-9-21(18)33-13-22(27)25-17-10-11-19-20(12-17)31-14-30-19/h4-5,8-12,15-16H,2-3,6-7,13-14H2,1H3,(H,25,27)(H,26,28). The van der Waals surface area contributed by atoms with Crippen molar-refractivity contribution in [1.82, 2.24) is 5.32 Å². The average Bonchev–Trinajstić information content (AvgIpc) is 3.49. The van der Waals surface area contributed by atoms with E-state index in [1.807, 2.05) is 0 Å². The molecule has 33 heavy (non-hydrogen) atoms. The molecular weight excluding hydrogens is 444 g/mol. The first-order valence-corrected chi connectivity index (χ1v) is 11.9. The third kappa shape index (κ3) is 5.98. The van der Waals surface area contributed by atoms with Gasteiger partial charge in [0.1, 0.15) is 0 Å². The zero-order valence-electron chi connectivity index (χ0n) is 18.3. The van der Waals surface area contributed by atoms with Gasteiger partial charge in [0.15, 0.2) is 17.6 Å². The monoisotopic (exact) mass is 470 g/mol.